The molecule has 0 spiro atoms. The van der Waals surface area contributed by atoms with Gasteiger partial charge in [0.1, 0.15) is 5.60 Å². The number of alkyl carbamates (subject to hydrolysis) is 1. The maximum absolute atomic E-state index is 12.4. The molecule has 2 rings (SSSR count). The van der Waals surface area contributed by atoms with Crippen LogP contribution in [0.15, 0.2) is 60.7 Å². The van der Waals surface area contributed by atoms with Gasteiger partial charge in [0, 0.05) is 13.0 Å². The monoisotopic (exact) mass is 382 g/mol. The number of hydrogen-bond acceptors (Lipinski definition) is 3. The van der Waals surface area contributed by atoms with E-state index in [1.165, 1.54) is 5.56 Å². The molecule has 28 heavy (non-hydrogen) atoms. The Labute approximate surface area is 167 Å². The Hall–Kier alpha value is -2.82. The van der Waals surface area contributed by atoms with Gasteiger partial charge in [-0.05, 0) is 44.7 Å². The maximum atomic E-state index is 12.4. The Balaban J connectivity index is 1.84. The molecule has 0 aromatic heterocycles. The van der Waals surface area contributed by atoms with Gasteiger partial charge < -0.3 is 15.4 Å². The summed E-state index contributed by atoms with van der Waals surface area (Å²) < 4.78 is 5.18. The van der Waals surface area contributed by atoms with Crippen molar-refractivity contribution >= 4 is 12.0 Å². The van der Waals surface area contributed by atoms with Crippen LogP contribution in [0.25, 0.3) is 0 Å². The van der Waals surface area contributed by atoms with E-state index in [1.54, 1.807) is 0 Å². The van der Waals surface area contributed by atoms with Crippen LogP contribution >= 0.6 is 0 Å². The van der Waals surface area contributed by atoms with Gasteiger partial charge in [-0.2, -0.15) is 0 Å². The average Bonchev–Trinajstić information content (AvgIpc) is 2.65. The van der Waals surface area contributed by atoms with Gasteiger partial charge in [0.25, 0.3) is 0 Å². The van der Waals surface area contributed by atoms with Crippen molar-refractivity contribution in [2.45, 2.75) is 51.7 Å². The van der Waals surface area contributed by atoms with Crippen molar-refractivity contribution in [2.75, 3.05) is 6.54 Å². The van der Waals surface area contributed by atoms with E-state index in [0.29, 0.717) is 19.4 Å². The number of carbonyl (C=O) groups excluding carboxylic acids is 2. The lowest BCUT2D eigenvalue weighted by atomic mass is 9.98. The highest BCUT2D eigenvalue weighted by atomic mass is 16.6. The molecule has 0 radical (unpaired) electrons. The molecule has 0 saturated heterocycles. The lowest BCUT2D eigenvalue weighted by Gasteiger charge is -2.20. The summed E-state index contributed by atoms with van der Waals surface area (Å²) >= 11 is 0. The highest BCUT2D eigenvalue weighted by molar-refractivity contribution is 5.76. The number of carbonyl (C=O) groups is 2. The third-order valence-electron chi connectivity index (χ3n) is 4.07. The predicted molar refractivity (Wildman–Crippen MR) is 111 cm³/mol. The lowest BCUT2D eigenvalue weighted by molar-refractivity contribution is -0.121. The fourth-order valence-corrected chi connectivity index (χ4v) is 2.81. The molecule has 0 aliphatic carbocycles. The van der Waals surface area contributed by atoms with Crippen molar-refractivity contribution in [3.05, 3.63) is 71.8 Å². The van der Waals surface area contributed by atoms with E-state index in [0.717, 1.165) is 12.0 Å². The van der Waals surface area contributed by atoms with Crippen LogP contribution in [0, 0.1) is 0 Å². The molecule has 2 aromatic rings. The molecule has 0 aliphatic heterocycles. The van der Waals surface area contributed by atoms with Crippen LogP contribution in [0.4, 0.5) is 4.79 Å². The van der Waals surface area contributed by atoms with E-state index in [-0.39, 0.29) is 11.9 Å². The molecule has 0 saturated carbocycles. The minimum absolute atomic E-state index is 0.0317. The van der Waals surface area contributed by atoms with Crippen LogP contribution in [-0.4, -0.2) is 24.1 Å². The molecule has 150 valence electrons. The smallest absolute Gasteiger partial charge is 0.407 e. The standard InChI is InChI=1S/C23H30N2O3/c1-23(2,3)28-22(27)24-16-10-15-21(26)25-20(19-13-8-5-9-14-19)17-18-11-6-4-7-12-18/h4-9,11-14,20H,10,15-17H2,1-3H3,(H,24,27)(H,25,26). The molecular weight excluding hydrogens is 352 g/mol. The quantitative estimate of drug-likeness (QED) is 0.665. The number of nitrogens with one attached hydrogen (secondary N) is 2. The molecule has 1 unspecified atom stereocenters. The van der Waals surface area contributed by atoms with Crippen LogP contribution < -0.4 is 10.6 Å². The van der Waals surface area contributed by atoms with Crippen LogP contribution in [0.5, 0.6) is 0 Å². The molecule has 2 aromatic carbocycles. The van der Waals surface area contributed by atoms with Crippen molar-refractivity contribution in [3.8, 4) is 0 Å². The third kappa shape index (κ3) is 8.25. The number of amides is 2. The second kappa shape index (κ2) is 10.5. The first kappa shape index (κ1) is 21.5. The fourth-order valence-electron chi connectivity index (χ4n) is 2.81. The van der Waals surface area contributed by atoms with E-state index in [4.69, 9.17) is 4.74 Å². The van der Waals surface area contributed by atoms with Gasteiger partial charge >= 0.3 is 6.09 Å². The minimum Gasteiger partial charge on any atom is -0.444 e. The van der Waals surface area contributed by atoms with Crippen molar-refractivity contribution < 1.29 is 14.3 Å². The zero-order valence-electron chi connectivity index (χ0n) is 16.9. The molecule has 2 amide bonds. The van der Waals surface area contributed by atoms with E-state index < -0.39 is 11.7 Å². The molecule has 0 fully saturated rings. The van der Waals surface area contributed by atoms with Gasteiger partial charge in [-0.3, -0.25) is 4.79 Å². The fraction of sp³-hybridized carbons (Fsp3) is 0.391. The van der Waals surface area contributed by atoms with Gasteiger partial charge in [-0.15, -0.1) is 0 Å². The highest BCUT2D eigenvalue weighted by Gasteiger charge is 2.17. The second-order valence-corrected chi connectivity index (χ2v) is 7.75. The zero-order chi connectivity index (χ0) is 20.4. The zero-order valence-corrected chi connectivity index (χ0v) is 16.9. The van der Waals surface area contributed by atoms with Crippen molar-refractivity contribution in [1.29, 1.82) is 0 Å². The largest absolute Gasteiger partial charge is 0.444 e. The first-order valence-corrected chi connectivity index (χ1v) is 9.68. The third-order valence-corrected chi connectivity index (χ3v) is 4.07. The van der Waals surface area contributed by atoms with Crippen LogP contribution in [0.2, 0.25) is 0 Å². The minimum atomic E-state index is -0.526. The lowest BCUT2D eigenvalue weighted by Crippen LogP contribution is -2.34. The Morgan fingerprint density at radius 1 is 0.964 bits per heavy atom. The van der Waals surface area contributed by atoms with Gasteiger partial charge in [0.15, 0.2) is 0 Å². The average molecular weight is 383 g/mol. The summed E-state index contributed by atoms with van der Waals surface area (Å²) in [4.78, 5) is 24.1. The molecule has 5 nitrogen and oxygen atoms in total. The van der Waals surface area contributed by atoms with Crippen LogP contribution in [-0.2, 0) is 16.0 Å². The van der Waals surface area contributed by atoms with Crippen LogP contribution in [0.1, 0.15) is 50.8 Å². The van der Waals surface area contributed by atoms with Crippen molar-refractivity contribution in [2.24, 2.45) is 0 Å². The molecule has 0 aliphatic rings. The van der Waals surface area contributed by atoms with Gasteiger partial charge in [-0.1, -0.05) is 60.7 Å². The van der Waals surface area contributed by atoms with E-state index in [9.17, 15) is 9.59 Å². The molecule has 0 heterocycles. The van der Waals surface area contributed by atoms with Crippen molar-refractivity contribution in [1.82, 2.24) is 10.6 Å². The molecular formula is C23H30N2O3. The normalized spacial score (nSPS) is 12.1. The second-order valence-electron chi connectivity index (χ2n) is 7.75. The summed E-state index contributed by atoms with van der Waals surface area (Å²) in [5.41, 5.74) is 1.72. The summed E-state index contributed by atoms with van der Waals surface area (Å²) in [6, 6.07) is 20.0. The molecule has 5 heteroatoms. The predicted octanol–water partition coefficient (Wildman–Crippen LogP) is 4.39. The topological polar surface area (TPSA) is 67.4 Å². The number of hydrogen-bond donors (Lipinski definition) is 2. The summed E-state index contributed by atoms with van der Waals surface area (Å²) in [6.07, 6.45) is 1.16. The SMILES string of the molecule is CC(C)(C)OC(=O)NCCCC(=O)NC(Cc1ccccc1)c1ccccc1. The summed E-state index contributed by atoms with van der Waals surface area (Å²) in [5.74, 6) is -0.0317. The molecule has 0 bridgehead atoms. The van der Waals surface area contributed by atoms with Crippen LogP contribution in [0.3, 0.4) is 0 Å². The molecule has 2 N–H and O–H groups in total. The Kier molecular flexibility index (Phi) is 8.05. The van der Waals surface area contributed by atoms with E-state index in [2.05, 4.69) is 22.8 Å². The first-order valence-electron chi connectivity index (χ1n) is 9.68. The van der Waals surface area contributed by atoms with E-state index in [1.807, 2.05) is 69.3 Å². The maximum Gasteiger partial charge on any atom is 0.407 e. The Morgan fingerprint density at radius 2 is 1.57 bits per heavy atom. The molecule has 1 atom stereocenters. The Morgan fingerprint density at radius 3 is 2.18 bits per heavy atom. The number of ether oxygens (including phenoxy) is 1. The summed E-state index contributed by atoms with van der Waals surface area (Å²) in [7, 11) is 0. The van der Waals surface area contributed by atoms with Crippen molar-refractivity contribution in [3.63, 3.8) is 0 Å². The Bertz CT molecular complexity index is 739. The van der Waals surface area contributed by atoms with E-state index >= 15 is 0 Å². The number of rotatable bonds is 8. The summed E-state index contributed by atoms with van der Waals surface area (Å²) in [6.45, 7) is 5.85. The highest BCUT2D eigenvalue weighted by Crippen LogP contribution is 2.18. The first-order chi connectivity index (χ1) is 13.3. The summed E-state index contributed by atoms with van der Waals surface area (Å²) in [5, 5.41) is 5.80. The van der Waals surface area contributed by atoms with Gasteiger partial charge in [0.05, 0.1) is 6.04 Å². The van der Waals surface area contributed by atoms with Gasteiger partial charge in [-0.25, -0.2) is 4.79 Å². The van der Waals surface area contributed by atoms with Gasteiger partial charge in [0.2, 0.25) is 5.91 Å². The number of benzene rings is 2.